The van der Waals surface area contributed by atoms with Gasteiger partial charge in [-0.25, -0.2) is 4.98 Å². The van der Waals surface area contributed by atoms with E-state index in [0.717, 1.165) is 0 Å². The van der Waals surface area contributed by atoms with Gasteiger partial charge in [-0.2, -0.15) is 0 Å². The van der Waals surface area contributed by atoms with E-state index in [4.69, 9.17) is 29.7 Å². The third-order valence-corrected chi connectivity index (χ3v) is 8.81. The highest BCUT2D eigenvalue weighted by Gasteiger charge is 2.51. The Hall–Kier alpha value is -0.460. The van der Waals surface area contributed by atoms with E-state index in [9.17, 15) is 9.13 Å². The summed E-state index contributed by atoms with van der Waals surface area (Å²) in [5, 5.41) is 2.96. The molecule has 1 aromatic rings. The first-order chi connectivity index (χ1) is 11.9. The molecule has 8 nitrogen and oxygen atoms in total. The molecule has 0 saturated heterocycles. The van der Waals surface area contributed by atoms with Gasteiger partial charge in [-0.15, -0.1) is 0 Å². The van der Waals surface area contributed by atoms with Gasteiger partial charge in [-0.3, -0.25) is 9.13 Å². The van der Waals surface area contributed by atoms with Crippen LogP contribution in [0.1, 0.15) is 27.7 Å². The van der Waals surface area contributed by atoms with Gasteiger partial charge in [0.2, 0.25) is 5.52 Å². The molecule has 0 amide bonds. The summed E-state index contributed by atoms with van der Waals surface area (Å²) in [4.78, 5) is 3.94. The number of halogens is 1. The number of rotatable bonds is 12. The molecule has 1 aromatic heterocycles. The van der Waals surface area contributed by atoms with Crippen LogP contribution in [-0.2, 0) is 27.2 Å². The zero-order valence-electron chi connectivity index (χ0n) is 14.8. The first-order valence-electron chi connectivity index (χ1n) is 8.01. The van der Waals surface area contributed by atoms with Crippen molar-refractivity contribution in [3.8, 4) is 0 Å². The Bertz CT molecular complexity index is 583. The van der Waals surface area contributed by atoms with E-state index >= 15 is 0 Å². The lowest BCUT2D eigenvalue weighted by Gasteiger charge is -2.32. The fraction of sp³-hybridized carbons (Fsp3) is 0.643. The molecule has 25 heavy (non-hydrogen) atoms. The summed E-state index contributed by atoms with van der Waals surface area (Å²) in [6.07, 6.45) is 1.50. The average molecular weight is 415 g/mol. The van der Waals surface area contributed by atoms with Gasteiger partial charge in [0.25, 0.3) is 0 Å². The number of aromatic nitrogens is 1. The minimum atomic E-state index is -3.91. The Balaban J connectivity index is 3.40. The molecular weight excluding hydrogens is 390 g/mol. The minimum Gasteiger partial charge on any atom is -0.359 e. The van der Waals surface area contributed by atoms with E-state index in [0.29, 0.717) is 5.69 Å². The third-order valence-electron chi connectivity index (χ3n) is 2.88. The molecule has 0 aliphatic carbocycles. The summed E-state index contributed by atoms with van der Waals surface area (Å²) in [7, 11) is -7.81. The van der Waals surface area contributed by atoms with Crippen molar-refractivity contribution in [3.05, 3.63) is 23.5 Å². The van der Waals surface area contributed by atoms with Crippen LogP contribution in [0.25, 0.3) is 0 Å². The monoisotopic (exact) mass is 414 g/mol. The van der Waals surface area contributed by atoms with Gasteiger partial charge in [0.15, 0.2) is 5.15 Å². The summed E-state index contributed by atoms with van der Waals surface area (Å²) >= 11 is 6.06. The van der Waals surface area contributed by atoms with Gasteiger partial charge in [0.1, 0.15) is 0 Å². The lowest BCUT2D eigenvalue weighted by Crippen LogP contribution is -2.25. The lowest BCUT2D eigenvalue weighted by molar-refractivity contribution is 0.198. The normalized spacial score (nSPS) is 12.6. The average Bonchev–Trinajstić information content (AvgIpc) is 2.54. The molecule has 11 heteroatoms. The second-order valence-electron chi connectivity index (χ2n) is 4.61. The molecule has 0 bridgehead atoms. The number of hydrogen-bond acceptors (Lipinski definition) is 8. The van der Waals surface area contributed by atoms with Crippen LogP contribution in [0, 0.1) is 0 Å². The van der Waals surface area contributed by atoms with Gasteiger partial charge in [0.05, 0.1) is 32.1 Å². The Morgan fingerprint density at radius 3 is 1.80 bits per heavy atom. The van der Waals surface area contributed by atoms with Gasteiger partial charge in [0, 0.05) is 6.20 Å². The maximum Gasteiger partial charge on any atom is 0.365 e. The van der Waals surface area contributed by atoms with Crippen molar-refractivity contribution >= 4 is 32.5 Å². The van der Waals surface area contributed by atoms with Crippen LogP contribution in [0.15, 0.2) is 18.3 Å². The molecular formula is C14H25ClN2O6P2. The van der Waals surface area contributed by atoms with Crippen LogP contribution in [0.3, 0.4) is 0 Å². The first kappa shape index (κ1) is 22.6. The van der Waals surface area contributed by atoms with Crippen molar-refractivity contribution in [1.82, 2.24) is 4.98 Å². The van der Waals surface area contributed by atoms with Crippen LogP contribution in [-0.4, -0.2) is 36.9 Å². The summed E-state index contributed by atoms with van der Waals surface area (Å²) in [5.41, 5.74) is -1.07. The van der Waals surface area contributed by atoms with Crippen LogP contribution in [0.5, 0.6) is 0 Å². The number of pyridine rings is 1. The van der Waals surface area contributed by atoms with E-state index in [2.05, 4.69) is 10.3 Å². The number of nitrogens with zero attached hydrogens (tertiary/aromatic N) is 1. The predicted octanol–water partition coefficient (Wildman–Crippen LogP) is 4.96. The fourth-order valence-corrected chi connectivity index (χ4v) is 7.15. The van der Waals surface area contributed by atoms with Crippen molar-refractivity contribution in [2.24, 2.45) is 0 Å². The zero-order valence-corrected chi connectivity index (χ0v) is 17.4. The molecule has 144 valence electrons. The summed E-state index contributed by atoms with van der Waals surface area (Å²) in [6, 6.07) is 3.23. The van der Waals surface area contributed by atoms with E-state index in [1.54, 1.807) is 39.8 Å². The highest BCUT2D eigenvalue weighted by molar-refractivity contribution is 7.72. The molecule has 0 radical (unpaired) electrons. The molecule has 0 atom stereocenters. The van der Waals surface area contributed by atoms with Gasteiger partial charge in [-0.05, 0) is 39.8 Å². The molecule has 1 rings (SSSR count). The zero-order chi connectivity index (χ0) is 18.9. The molecule has 1 N–H and O–H groups in total. The first-order valence-corrected chi connectivity index (χ1v) is 11.6. The Morgan fingerprint density at radius 2 is 1.44 bits per heavy atom. The van der Waals surface area contributed by atoms with Gasteiger partial charge < -0.3 is 23.4 Å². The quantitative estimate of drug-likeness (QED) is 0.378. The highest BCUT2D eigenvalue weighted by Crippen LogP contribution is 2.70. The maximum absolute atomic E-state index is 13.3. The third kappa shape index (κ3) is 6.04. The molecule has 0 spiro atoms. The molecule has 0 saturated carbocycles. The molecule has 0 aliphatic heterocycles. The number of hydrogen-bond donors (Lipinski definition) is 1. The van der Waals surface area contributed by atoms with Crippen molar-refractivity contribution in [1.29, 1.82) is 0 Å². The van der Waals surface area contributed by atoms with E-state index in [1.165, 1.54) is 6.20 Å². The second kappa shape index (κ2) is 10.6. The smallest absolute Gasteiger partial charge is 0.359 e. The lowest BCUT2D eigenvalue weighted by atomic mass is 10.4. The van der Waals surface area contributed by atoms with Crippen molar-refractivity contribution in [3.63, 3.8) is 0 Å². The van der Waals surface area contributed by atoms with Crippen molar-refractivity contribution in [2.45, 2.75) is 33.2 Å². The maximum atomic E-state index is 13.3. The van der Waals surface area contributed by atoms with E-state index in [1.807, 2.05) is 0 Å². The highest BCUT2D eigenvalue weighted by atomic mass is 35.5. The molecule has 0 unspecified atom stereocenters. The summed E-state index contributed by atoms with van der Waals surface area (Å²) in [6.45, 7) is 7.00. The van der Waals surface area contributed by atoms with Gasteiger partial charge >= 0.3 is 15.2 Å². The Labute approximate surface area is 153 Å². The topological polar surface area (TPSA) is 96.0 Å². The SMILES string of the molecule is CCOP(=O)(OCC)C(Nc1cccnc1Cl)P(=O)(OCC)OCC. The standard InChI is InChI=1S/C14H25ClN2O6P2/c1-5-20-24(18,21-6-2)14(25(19,22-7-3)23-8-4)17-12-10-9-11-16-13(12)15/h9-11,14,17H,5-8H2,1-4H3. The Morgan fingerprint density at radius 1 is 1.00 bits per heavy atom. The number of anilines is 1. The largest absolute Gasteiger partial charge is 0.365 e. The van der Waals surface area contributed by atoms with Crippen molar-refractivity contribution in [2.75, 3.05) is 31.7 Å². The summed E-state index contributed by atoms with van der Waals surface area (Å²) in [5.74, 6) is 0. The molecule has 0 aromatic carbocycles. The molecule has 0 fully saturated rings. The van der Waals surface area contributed by atoms with Crippen LogP contribution in [0.4, 0.5) is 5.69 Å². The van der Waals surface area contributed by atoms with Crippen LogP contribution >= 0.6 is 26.8 Å². The predicted molar refractivity (Wildman–Crippen MR) is 98.4 cm³/mol. The van der Waals surface area contributed by atoms with Crippen LogP contribution in [0.2, 0.25) is 5.15 Å². The second-order valence-corrected chi connectivity index (χ2v) is 9.60. The minimum absolute atomic E-state index is 0.0917. The fourth-order valence-electron chi connectivity index (χ4n) is 2.04. The Kier molecular flexibility index (Phi) is 9.60. The van der Waals surface area contributed by atoms with E-state index < -0.39 is 20.7 Å². The molecule has 0 aliphatic rings. The molecule has 1 heterocycles. The number of nitrogens with one attached hydrogen (secondary N) is 1. The summed E-state index contributed by atoms with van der Waals surface area (Å²) < 4.78 is 48.1. The van der Waals surface area contributed by atoms with Crippen molar-refractivity contribution < 1.29 is 27.2 Å². The van der Waals surface area contributed by atoms with Gasteiger partial charge in [-0.1, -0.05) is 11.6 Å². The van der Waals surface area contributed by atoms with Crippen LogP contribution < -0.4 is 5.32 Å². The van der Waals surface area contributed by atoms with E-state index in [-0.39, 0.29) is 31.6 Å².